The van der Waals surface area contributed by atoms with Gasteiger partial charge in [0.25, 0.3) is 0 Å². The first kappa shape index (κ1) is 14.9. The highest BCUT2D eigenvalue weighted by Crippen LogP contribution is 2.30. The number of nitrogens with two attached hydrogens (primary N) is 1. The summed E-state index contributed by atoms with van der Waals surface area (Å²) in [7, 11) is 0. The molecular weight excluding hydrogens is 184 g/mol. The lowest BCUT2D eigenvalue weighted by Crippen LogP contribution is -2.45. The highest BCUT2D eigenvalue weighted by molar-refractivity contribution is 4.81. The molecule has 0 aliphatic heterocycles. The minimum Gasteiger partial charge on any atom is -0.271 e. The first-order valence-electron chi connectivity index (χ1n) is 6.02. The van der Waals surface area contributed by atoms with Gasteiger partial charge in [-0.05, 0) is 29.6 Å². The average molecular weight is 214 g/mol. The summed E-state index contributed by atoms with van der Waals surface area (Å²) < 4.78 is 0. The van der Waals surface area contributed by atoms with Gasteiger partial charge in [0.05, 0.1) is 0 Å². The third-order valence-corrected chi connectivity index (χ3v) is 2.85. The van der Waals surface area contributed by atoms with Gasteiger partial charge in [0, 0.05) is 6.04 Å². The summed E-state index contributed by atoms with van der Waals surface area (Å²) in [4.78, 5) is 0. The zero-order valence-corrected chi connectivity index (χ0v) is 11.6. The van der Waals surface area contributed by atoms with E-state index in [0.717, 1.165) is 6.42 Å². The van der Waals surface area contributed by atoms with E-state index in [2.05, 4.69) is 53.9 Å². The van der Waals surface area contributed by atoms with Crippen LogP contribution < -0.4 is 11.3 Å². The van der Waals surface area contributed by atoms with Crippen LogP contribution in [0.2, 0.25) is 0 Å². The van der Waals surface area contributed by atoms with E-state index < -0.39 is 0 Å². The maximum absolute atomic E-state index is 5.62. The lowest BCUT2D eigenvalue weighted by molar-refractivity contribution is 0.203. The number of hydrazine groups is 1. The Morgan fingerprint density at radius 3 is 1.80 bits per heavy atom. The Morgan fingerprint density at radius 1 is 1.07 bits per heavy atom. The number of hydrogen-bond donors (Lipinski definition) is 2. The van der Waals surface area contributed by atoms with Crippen molar-refractivity contribution in [1.82, 2.24) is 5.43 Å². The Kier molecular flexibility index (Phi) is 5.28. The summed E-state index contributed by atoms with van der Waals surface area (Å²) in [6.07, 6.45) is 2.40. The molecule has 0 aromatic carbocycles. The molecule has 0 aliphatic rings. The summed E-state index contributed by atoms with van der Waals surface area (Å²) in [6.45, 7) is 15.9. The van der Waals surface area contributed by atoms with Crippen LogP contribution in [-0.4, -0.2) is 6.04 Å². The average Bonchev–Trinajstić information content (AvgIpc) is 1.94. The Hall–Kier alpha value is -0.0800. The summed E-state index contributed by atoms with van der Waals surface area (Å²) in [5, 5.41) is 0. The molecule has 0 fully saturated rings. The van der Waals surface area contributed by atoms with E-state index in [1.165, 1.54) is 6.42 Å². The molecule has 0 spiro atoms. The van der Waals surface area contributed by atoms with Crippen LogP contribution >= 0.6 is 0 Å². The summed E-state index contributed by atoms with van der Waals surface area (Å²) in [5.41, 5.74) is 3.61. The van der Waals surface area contributed by atoms with Crippen LogP contribution in [0.1, 0.15) is 61.3 Å². The van der Waals surface area contributed by atoms with Gasteiger partial charge in [-0.2, -0.15) is 0 Å². The van der Waals surface area contributed by atoms with Crippen LogP contribution in [0, 0.1) is 16.7 Å². The van der Waals surface area contributed by atoms with E-state index in [0.29, 0.717) is 17.4 Å². The Balaban J connectivity index is 4.20. The number of hydrogen-bond acceptors (Lipinski definition) is 2. The monoisotopic (exact) mass is 214 g/mol. The first-order valence-corrected chi connectivity index (χ1v) is 6.02. The topological polar surface area (TPSA) is 38.0 Å². The zero-order chi connectivity index (χ0) is 12.3. The van der Waals surface area contributed by atoms with Crippen molar-refractivity contribution in [3.8, 4) is 0 Å². The minimum absolute atomic E-state index is 0.237. The van der Waals surface area contributed by atoms with Crippen molar-refractivity contribution in [2.24, 2.45) is 22.6 Å². The number of nitrogens with one attached hydrogen (secondary N) is 1. The first-order chi connectivity index (χ1) is 6.56. The second-order valence-corrected chi connectivity index (χ2v) is 7.19. The van der Waals surface area contributed by atoms with Gasteiger partial charge in [0.15, 0.2) is 0 Å². The van der Waals surface area contributed by atoms with Gasteiger partial charge in [-0.1, -0.05) is 48.5 Å². The Morgan fingerprint density at radius 2 is 1.53 bits per heavy atom. The van der Waals surface area contributed by atoms with E-state index in [1.54, 1.807) is 0 Å². The lowest BCUT2D eigenvalue weighted by atomic mass is 9.77. The smallest absolute Gasteiger partial charge is 0.0261 e. The molecule has 0 aromatic rings. The van der Waals surface area contributed by atoms with Gasteiger partial charge in [0.1, 0.15) is 0 Å². The van der Waals surface area contributed by atoms with Gasteiger partial charge < -0.3 is 0 Å². The van der Waals surface area contributed by atoms with Crippen molar-refractivity contribution < 1.29 is 0 Å². The van der Waals surface area contributed by atoms with Crippen LogP contribution in [0.4, 0.5) is 0 Å². The molecule has 0 rings (SSSR count). The van der Waals surface area contributed by atoms with Gasteiger partial charge in [-0.25, -0.2) is 0 Å². The summed E-state index contributed by atoms with van der Waals surface area (Å²) in [5.74, 6) is 6.33. The molecular formula is C13H30N2. The predicted octanol–water partition coefficient (Wildman–Crippen LogP) is 3.33. The van der Waals surface area contributed by atoms with Crippen molar-refractivity contribution in [2.45, 2.75) is 67.3 Å². The van der Waals surface area contributed by atoms with Crippen LogP contribution in [-0.2, 0) is 0 Å². The minimum atomic E-state index is 0.237. The quantitative estimate of drug-likeness (QED) is 0.556. The summed E-state index contributed by atoms with van der Waals surface area (Å²) >= 11 is 0. The molecule has 0 bridgehead atoms. The lowest BCUT2D eigenvalue weighted by Gasteiger charge is -2.33. The normalized spacial score (nSPS) is 17.6. The third-order valence-electron chi connectivity index (χ3n) is 2.85. The molecule has 2 heteroatoms. The van der Waals surface area contributed by atoms with E-state index in [-0.39, 0.29) is 5.41 Å². The van der Waals surface area contributed by atoms with Crippen molar-refractivity contribution in [3.05, 3.63) is 0 Å². The molecule has 0 saturated heterocycles. The predicted molar refractivity (Wildman–Crippen MR) is 68.4 cm³/mol. The fourth-order valence-corrected chi connectivity index (χ4v) is 2.20. The maximum atomic E-state index is 5.62. The highest BCUT2D eigenvalue weighted by Gasteiger charge is 2.26. The molecule has 0 aliphatic carbocycles. The third kappa shape index (κ3) is 6.91. The molecule has 92 valence electrons. The molecule has 2 nitrogen and oxygen atoms in total. The van der Waals surface area contributed by atoms with Gasteiger partial charge in [-0.3, -0.25) is 11.3 Å². The molecule has 15 heavy (non-hydrogen) atoms. The molecule has 0 heterocycles. The molecule has 2 unspecified atom stereocenters. The van der Waals surface area contributed by atoms with Crippen molar-refractivity contribution in [1.29, 1.82) is 0 Å². The molecule has 0 saturated carbocycles. The fraction of sp³-hybridized carbons (Fsp3) is 1.00. The van der Waals surface area contributed by atoms with Crippen molar-refractivity contribution >= 4 is 0 Å². The Bertz CT molecular complexity index is 174. The van der Waals surface area contributed by atoms with Crippen molar-refractivity contribution in [3.63, 3.8) is 0 Å². The van der Waals surface area contributed by atoms with Crippen LogP contribution in [0.25, 0.3) is 0 Å². The van der Waals surface area contributed by atoms with E-state index in [1.807, 2.05) is 0 Å². The van der Waals surface area contributed by atoms with Crippen LogP contribution in [0.3, 0.4) is 0 Å². The summed E-state index contributed by atoms with van der Waals surface area (Å²) in [6, 6.07) is 0.398. The van der Waals surface area contributed by atoms with Gasteiger partial charge in [-0.15, -0.1) is 0 Å². The fourth-order valence-electron chi connectivity index (χ4n) is 2.20. The Labute approximate surface area is 96.0 Å². The van der Waals surface area contributed by atoms with Crippen molar-refractivity contribution in [2.75, 3.05) is 0 Å². The van der Waals surface area contributed by atoms with Crippen LogP contribution in [0.5, 0.6) is 0 Å². The second kappa shape index (κ2) is 5.31. The number of rotatable bonds is 4. The zero-order valence-electron chi connectivity index (χ0n) is 11.6. The second-order valence-electron chi connectivity index (χ2n) is 7.19. The SMILES string of the molecule is CC(CC(NN)C(C)(C)C)CC(C)(C)C. The van der Waals surface area contributed by atoms with Gasteiger partial charge in [0.2, 0.25) is 0 Å². The largest absolute Gasteiger partial charge is 0.271 e. The molecule has 0 amide bonds. The molecule has 0 radical (unpaired) electrons. The van der Waals surface area contributed by atoms with E-state index in [9.17, 15) is 0 Å². The van der Waals surface area contributed by atoms with Crippen LogP contribution in [0.15, 0.2) is 0 Å². The highest BCUT2D eigenvalue weighted by atomic mass is 15.2. The van der Waals surface area contributed by atoms with E-state index >= 15 is 0 Å². The van der Waals surface area contributed by atoms with E-state index in [4.69, 9.17) is 5.84 Å². The standard InChI is InChI=1S/C13H30N2/c1-10(9-12(2,3)4)8-11(15-14)13(5,6)7/h10-11,15H,8-9,14H2,1-7H3. The molecule has 0 aromatic heterocycles. The molecule has 2 atom stereocenters. The molecule has 3 N–H and O–H groups in total. The maximum Gasteiger partial charge on any atom is 0.0261 e. The van der Waals surface area contributed by atoms with Gasteiger partial charge >= 0.3 is 0 Å².